The molecular weight excluding hydrogens is 206 g/mol. The minimum atomic E-state index is -0.599. The second kappa shape index (κ2) is 5.28. The van der Waals surface area contributed by atoms with Gasteiger partial charge in [0.15, 0.2) is 0 Å². The number of nitrogens with two attached hydrogens (primary N) is 1. The molecule has 1 rings (SSSR count). The molecule has 1 amide bonds. The highest BCUT2D eigenvalue weighted by molar-refractivity contribution is 5.83. The number of β-amino-alcohol motifs (C(OH)–C–C–N with tert-alkyl or cyclic N) is 1. The normalized spacial score (nSPS) is 28.6. The molecule has 5 heteroatoms. The van der Waals surface area contributed by atoms with Gasteiger partial charge in [0.25, 0.3) is 0 Å². The summed E-state index contributed by atoms with van der Waals surface area (Å²) in [5.74, 6) is -0.137. The van der Waals surface area contributed by atoms with Gasteiger partial charge in [0.1, 0.15) is 6.04 Å². The summed E-state index contributed by atoms with van der Waals surface area (Å²) in [7, 11) is 0. The van der Waals surface area contributed by atoms with Crippen LogP contribution in [0.25, 0.3) is 0 Å². The van der Waals surface area contributed by atoms with Crippen LogP contribution in [-0.4, -0.2) is 40.6 Å². The van der Waals surface area contributed by atoms with Crippen LogP contribution in [0.1, 0.15) is 26.7 Å². The van der Waals surface area contributed by atoms with Gasteiger partial charge in [-0.3, -0.25) is 4.79 Å². The Balaban J connectivity index is 2.70. The number of aliphatic hydroxyl groups is 1. The smallest absolute Gasteiger partial charge is 0.240 e. The van der Waals surface area contributed by atoms with Crippen molar-refractivity contribution in [1.29, 1.82) is 5.26 Å². The van der Waals surface area contributed by atoms with Gasteiger partial charge in [0.05, 0.1) is 18.2 Å². The molecule has 0 bridgehead atoms. The lowest BCUT2D eigenvalue weighted by Gasteiger charge is -2.26. The highest BCUT2D eigenvalue weighted by Gasteiger charge is 2.37. The quantitative estimate of drug-likeness (QED) is 0.698. The van der Waals surface area contributed by atoms with Gasteiger partial charge in [0, 0.05) is 13.0 Å². The number of nitrogens with zero attached hydrogens (tertiary/aromatic N) is 2. The molecule has 0 unspecified atom stereocenters. The van der Waals surface area contributed by atoms with Crippen LogP contribution in [-0.2, 0) is 4.79 Å². The van der Waals surface area contributed by atoms with Crippen LogP contribution in [0.15, 0.2) is 0 Å². The maximum Gasteiger partial charge on any atom is 0.240 e. The van der Waals surface area contributed by atoms with Crippen LogP contribution in [0.2, 0.25) is 0 Å². The second-order valence-corrected chi connectivity index (χ2v) is 4.44. The zero-order valence-corrected chi connectivity index (χ0v) is 9.76. The molecule has 0 aliphatic carbocycles. The summed E-state index contributed by atoms with van der Waals surface area (Å²) in [5.41, 5.74) is 5.83. The van der Waals surface area contributed by atoms with Crippen LogP contribution in [0.3, 0.4) is 0 Å². The molecule has 0 aromatic rings. The maximum absolute atomic E-state index is 12.0. The van der Waals surface area contributed by atoms with E-state index < -0.39 is 18.2 Å². The number of hydrogen-bond donors (Lipinski definition) is 2. The minimum Gasteiger partial charge on any atom is -0.391 e. The third kappa shape index (κ3) is 2.52. The van der Waals surface area contributed by atoms with E-state index in [0.717, 1.165) is 6.42 Å². The molecule has 0 aromatic carbocycles. The molecule has 5 nitrogen and oxygen atoms in total. The third-order valence-corrected chi connectivity index (χ3v) is 3.25. The van der Waals surface area contributed by atoms with Crippen molar-refractivity contribution < 1.29 is 9.90 Å². The van der Waals surface area contributed by atoms with E-state index in [1.807, 2.05) is 19.9 Å². The van der Waals surface area contributed by atoms with Crippen molar-refractivity contribution in [2.45, 2.75) is 44.9 Å². The number of amides is 1. The van der Waals surface area contributed by atoms with Crippen molar-refractivity contribution in [1.82, 2.24) is 4.90 Å². The van der Waals surface area contributed by atoms with Crippen LogP contribution in [0, 0.1) is 17.2 Å². The minimum absolute atomic E-state index is 0.0876. The van der Waals surface area contributed by atoms with Gasteiger partial charge in [-0.15, -0.1) is 0 Å². The van der Waals surface area contributed by atoms with Gasteiger partial charge in [-0.1, -0.05) is 20.3 Å². The Labute approximate surface area is 95.8 Å². The average molecular weight is 225 g/mol. The Morgan fingerprint density at radius 2 is 2.38 bits per heavy atom. The van der Waals surface area contributed by atoms with Gasteiger partial charge >= 0.3 is 0 Å². The molecule has 1 saturated heterocycles. The fraction of sp³-hybridized carbons (Fsp3) is 0.818. The number of carbonyl (C=O) groups is 1. The zero-order chi connectivity index (χ0) is 12.3. The standard InChI is InChI=1S/C11H19N3O2/c1-3-7(2)10(13)11(16)14-6-9(15)4-8(14)5-12/h7-10,15H,3-4,6,13H2,1-2H3/t7-,8-,9+,10-/m0/s1. The number of nitriles is 1. The number of rotatable bonds is 3. The Hall–Kier alpha value is -1.12. The molecule has 1 aliphatic rings. The first-order valence-electron chi connectivity index (χ1n) is 5.65. The second-order valence-electron chi connectivity index (χ2n) is 4.44. The Bertz CT molecular complexity index is 300. The van der Waals surface area contributed by atoms with Gasteiger partial charge in [0.2, 0.25) is 5.91 Å². The van der Waals surface area contributed by atoms with E-state index in [2.05, 4.69) is 0 Å². The van der Waals surface area contributed by atoms with Crippen molar-refractivity contribution in [3.05, 3.63) is 0 Å². The molecule has 0 saturated carbocycles. The van der Waals surface area contributed by atoms with Crippen molar-refractivity contribution in [2.75, 3.05) is 6.54 Å². The van der Waals surface area contributed by atoms with Gasteiger partial charge < -0.3 is 15.7 Å². The van der Waals surface area contributed by atoms with Crippen molar-refractivity contribution in [2.24, 2.45) is 11.7 Å². The average Bonchev–Trinajstić information content (AvgIpc) is 2.67. The van der Waals surface area contributed by atoms with E-state index in [9.17, 15) is 9.90 Å². The summed E-state index contributed by atoms with van der Waals surface area (Å²) < 4.78 is 0. The lowest BCUT2D eigenvalue weighted by molar-refractivity contribution is -0.134. The molecule has 90 valence electrons. The summed E-state index contributed by atoms with van der Waals surface area (Å²) in [6.45, 7) is 4.11. The topological polar surface area (TPSA) is 90.3 Å². The molecule has 4 atom stereocenters. The SMILES string of the molecule is CC[C@H](C)[C@H](N)C(=O)N1C[C@H](O)C[C@H]1C#N. The van der Waals surface area contributed by atoms with E-state index in [1.54, 1.807) is 0 Å². The maximum atomic E-state index is 12.0. The van der Waals surface area contributed by atoms with Gasteiger partial charge in [-0.05, 0) is 5.92 Å². The first-order chi connectivity index (χ1) is 7.51. The molecule has 1 heterocycles. The molecule has 0 spiro atoms. The summed E-state index contributed by atoms with van der Waals surface area (Å²) in [4.78, 5) is 13.4. The van der Waals surface area contributed by atoms with E-state index in [1.165, 1.54) is 4.90 Å². The third-order valence-electron chi connectivity index (χ3n) is 3.25. The predicted molar refractivity (Wildman–Crippen MR) is 59.2 cm³/mol. The summed E-state index contributed by atoms with van der Waals surface area (Å²) in [6.07, 6.45) is 0.549. The van der Waals surface area contributed by atoms with E-state index in [-0.39, 0.29) is 18.4 Å². The molecular formula is C11H19N3O2. The van der Waals surface area contributed by atoms with Gasteiger partial charge in [-0.25, -0.2) is 0 Å². The summed E-state index contributed by atoms with van der Waals surface area (Å²) in [5, 5.41) is 18.3. The first-order valence-corrected chi connectivity index (χ1v) is 5.65. The van der Waals surface area contributed by atoms with Crippen molar-refractivity contribution in [3.63, 3.8) is 0 Å². The zero-order valence-electron chi connectivity index (χ0n) is 9.76. The fourth-order valence-corrected chi connectivity index (χ4v) is 1.87. The molecule has 0 radical (unpaired) electrons. The molecule has 0 aromatic heterocycles. The Morgan fingerprint density at radius 1 is 1.75 bits per heavy atom. The highest BCUT2D eigenvalue weighted by atomic mass is 16.3. The van der Waals surface area contributed by atoms with E-state index in [4.69, 9.17) is 11.0 Å². The van der Waals surface area contributed by atoms with Crippen LogP contribution >= 0.6 is 0 Å². The molecule has 3 N–H and O–H groups in total. The van der Waals surface area contributed by atoms with Gasteiger partial charge in [-0.2, -0.15) is 5.26 Å². The number of hydrogen-bond acceptors (Lipinski definition) is 4. The van der Waals surface area contributed by atoms with Crippen LogP contribution in [0.5, 0.6) is 0 Å². The largest absolute Gasteiger partial charge is 0.391 e. The van der Waals surface area contributed by atoms with Crippen molar-refractivity contribution in [3.8, 4) is 6.07 Å². The molecule has 1 fully saturated rings. The van der Waals surface area contributed by atoms with Crippen LogP contribution in [0.4, 0.5) is 0 Å². The molecule has 16 heavy (non-hydrogen) atoms. The summed E-state index contributed by atoms with van der Waals surface area (Å²) in [6, 6.07) is 0.919. The van der Waals surface area contributed by atoms with Crippen molar-refractivity contribution >= 4 is 5.91 Å². The lowest BCUT2D eigenvalue weighted by Crippen LogP contribution is -2.48. The Kier molecular flexibility index (Phi) is 4.27. The molecule has 1 aliphatic heterocycles. The van der Waals surface area contributed by atoms with E-state index >= 15 is 0 Å². The lowest BCUT2D eigenvalue weighted by atomic mass is 9.99. The number of likely N-dealkylation sites (tertiary alicyclic amines) is 1. The Morgan fingerprint density at radius 3 is 2.88 bits per heavy atom. The summed E-state index contributed by atoms with van der Waals surface area (Å²) >= 11 is 0. The van der Waals surface area contributed by atoms with Crippen LogP contribution < -0.4 is 5.73 Å². The predicted octanol–water partition coefficient (Wildman–Crippen LogP) is -0.155. The number of aliphatic hydroxyl groups excluding tert-OH is 1. The monoisotopic (exact) mass is 225 g/mol. The fourth-order valence-electron chi connectivity index (χ4n) is 1.87. The number of carbonyl (C=O) groups excluding carboxylic acids is 1. The van der Waals surface area contributed by atoms with E-state index in [0.29, 0.717) is 6.42 Å². The highest BCUT2D eigenvalue weighted by Crippen LogP contribution is 2.20. The first kappa shape index (κ1) is 12.9.